The third-order valence-electron chi connectivity index (χ3n) is 3.11. The molecule has 3 rings (SSSR count). The summed E-state index contributed by atoms with van der Waals surface area (Å²) in [5.41, 5.74) is 0. The summed E-state index contributed by atoms with van der Waals surface area (Å²) in [7, 11) is 0. The van der Waals surface area contributed by atoms with Crippen molar-refractivity contribution in [3.8, 4) is 0 Å². The van der Waals surface area contributed by atoms with Gasteiger partial charge in [0.25, 0.3) is 11.6 Å². The van der Waals surface area contributed by atoms with E-state index in [1.165, 1.54) is 0 Å². The lowest BCUT2D eigenvalue weighted by Gasteiger charge is -2.20. The van der Waals surface area contributed by atoms with E-state index in [0.717, 1.165) is 0 Å². The summed E-state index contributed by atoms with van der Waals surface area (Å²) in [4.78, 5) is 0. The van der Waals surface area contributed by atoms with Crippen molar-refractivity contribution in [2.75, 3.05) is 0 Å². The van der Waals surface area contributed by atoms with Gasteiger partial charge in [-0.2, -0.15) is 0 Å². The number of hydrogen-bond donors (Lipinski definition) is 4. The number of epoxide rings is 2. The maximum atomic E-state index is 9.85. The molecule has 6 atom stereocenters. The van der Waals surface area contributed by atoms with Crippen LogP contribution in [0.3, 0.4) is 0 Å². The molecule has 4 N–H and O–H groups in total. The minimum absolute atomic E-state index is 1.10. The van der Waals surface area contributed by atoms with Crippen molar-refractivity contribution < 1.29 is 39.4 Å². The Kier molecular flexibility index (Phi) is 2.06. The second-order valence-corrected chi connectivity index (χ2v) is 4.92. The highest BCUT2D eigenvalue weighted by Crippen LogP contribution is 2.51. The molecular weight excluding hydrogens is 236 g/mol. The first-order valence-corrected chi connectivity index (χ1v) is 5.21. The SMILES string of the molecule is CC1(C)O[C@H]([C@@]2(O)OC2O)[C@@H]([C@@]2(O)OC2O)O1. The summed E-state index contributed by atoms with van der Waals surface area (Å²) in [6.45, 7) is 3.13. The molecule has 3 aliphatic rings. The first-order valence-electron chi connectivity index (χ1n) is 5.21. The molecule has 8 nitrogen and oxygen atoms in total. The van der Waals surface area contributed by atoms with Crippen LogP contribution in [0.1, 0.15) is 13.8 Å². The second-order valence-electron chi connectivity index (χ2n) is 4.92. The first-order chi connectivity index (χ1) is 7.69. The van der Waals surface area contributed by atoms with E-state index < -0.39 is 42.1 Å². The highest BCUT2D eigenvalue weighted by atomic mass is 16.9. The van der Waals surface area contributed by atoms with Crippen molar-refractivity contribution in [3.05, 3.63) is 0 Å². The molecule has 3 fully saturated rings. The Morgan fingerprint density at radius 3 is 1.29 bits per heavy atom. The summed E-state index contributed by atoms with van der Waals surface area (Å²) in [6, 6.07) is 0. The molecule has 3 heterocycles. The lowest BCUT2D eigenvalue weighted by Crippen LogP contribution is -2.48. The molecule has 0 aromatic heterocycles. The smallest absolute Gasteiger partial charge is 0.250 e. The van der Waals surface area contributed by atoms with Crippen molar-refractivity contribution in [1.82, 2.24) is 0 Å². The molecule has 98 valence electrons. The van der Waals surface area contributed by atoms with Gasteiger partial charge in [0.2, 0.25) is 12.6 Å². The molecule has 3 aliphatic heterocycles. The van der Waals surface area contributed by atoms with Crippen LogP contribution in [0, 0.1) is 0 Å². The molecule has 0 saturated carbocycles. The van der Waals surface area contributed by atoms with Crippen LogP contribution < -0.4 is 0 Å². The Morgan fingerprint density at radius 2 is 1.06 bits per heavy atom. The largest absolute Gasteiger partial charge is 0.364 e. The van der Waals surface area contributed by atoms with Gasteiger partial charge in [0.05, 0.1) is 0 Å². The molecule has 0 bridgehead atoms. The molecule has 0 aromatic carbocycles. The van der Waals surface area contributed by atoms with Gasteiger partial charge in [-0.05, 0) is 13.8 Å². The predicted molar refractivity (Wildman–Crippen MR) is 47.9 cm³/mol. The Hall–Kier alpha value is -0.320. The van der Waals surface area contributed by atoms with Gasteiger partial charge in [0.15, 0.2) is 18.0 Å². The fourth-order valence-corrected chi connectivity index (χ4v) is 2.07. The molecule has 0 amide bonds. The zero-order chi connectivity index (χ0) is 12.6. The van der Waals surface area contributed by atoms with Crippen LogP contribution in [0.25, 0.3) is 0 Å². The van der Waals surface area contributed by atoms with Crippen LogP contribution in [0.5, 0.6) is 0 Å². The molecule has 8 heteroatoms. The summed E-state index contributed by atoms with van der Waals surface area (Å²) >= 11 is 0. The monoisotopic (exact) mass is 250 g/mol. The number of hydrogen-bond acceptors (Lipinski definition) is 8. The Bertz CT molecular complexity index is 327. The number of aliphatic hydroxyl groups is 4. The Morgan fingerprint density at radius 1 is 0.765 bits per heavy atom. The van der Waals surface area contributed by atoms with E-state index in [1.807, 2.05) is 0 Å². The van der Waals surface area contributed by atoms with E-state index in [1.54, 1.807) is 13.8 Å². The van der Waals surface area contributed by atoms with Gasteiger partial charge in [0, 0.05) is 0 Å². The van der Waals surface area contributed by atoms with E-state index in [9.17, 15) is 20.4 Å². The first kappa shape index (κ1) is 11.8. The highest BCUT2D eigenvalue weighted by Gasteiger charge is 2.76. The molecule has 0 spiro atoms. The average molecular weight is 250 g/mol. The van der Waals surface area contributed by atoms with E-state index >= 15 is 0 Å². The van der Waals surface area contributed by atoms with Gasteiger partial charge < -0.3 is 39.4 Å². The highest BCUT2D eigenvalue weighted by molar-refractivity contribution is 5.09. The van der Waals surface area contributed by atoms with E-state index in [-0.39, 0.29) is 0 Å². The summed E-state index contributed by atoms with van der Waals surface area (Å²) in [5, 5.41) is 38.1. The van der Waals surface area contributed by atoms with Crippen LogP contribution >= 0.6 is 0 Å². The summed E-state index contributed by atoms with van der Waals surface area (Å²) in [5.74, 6) is -4.99. The Balaban J connectivity index is 1.86. The lowest BCUT2D eigenvalue weighted by atomic mass is 10.0. The maximum Gasteiger partial charge on any atom is 0.250 e. The quantitative estimate of drug-likeness (QED) is 0.399. The van der Waals surface area contributed by atoms with Crippen molar-refractivity contribution in [3.63, 3.8) is 0 Å². The van der Waals surface area contributed by atoms with Crippen molar-refractivity contribution >= 4 is 0 Å². The number of rotatable bonds is 2. The molecule has 2 unspecified atom stereocenters. The second kappa shape index (κ2) is 2.98. The van der Waals surface area contributed by atoms with Crippen molar-refractivity contribution in [2.24, 2.45) is 0 Å². The third kappa shape index (κ3) is 1.54. The van der Waals surface area contributed by atoms with Crippen LogP contribution in [0.2, 0.25) is 0 Å². The van der Waals surface area contributed by atoms with Gasteiger partial charge >= 0.3 is 0 Å². The fourth-order valence-electron chi connectivity index (χ4n) is 2.07. The zero-order valence-electron chi connectivity index (χ0n) is 9.23. The molecule has 0 aliphatic carbocycles. The topological polar surface area (TPSA) is 124 Å². The molecule has 0 radical (unpaired) electrons. The fraction of sp³-hybridized carbons (Fsp3) is 1.00. The van der Waals surface area contributed by atoms with E-state index in [0.29, 0.717) is 0 Å². The van der Waals surface area contributed by atoms with Gasteiger partial charge in [-0.1, -0.05) is 0 Å². The standard InChI is InChI=1S/C9H14O8/c1-7(2)14-3(8(12)5(10)16-8)4(15-7)9(13)6(11)17-9/h3-6,10-13H,1-2H3/t3-,4-,5?,6?,8+,9+/m0/s1. The summed E-state index contributed by atoms with van der Waals surface area (Å²) < 4.78 is 20.0. The van der Waals surface area contributed by atoms with Crippen LogP contribution in [0.4, 0.5) is 0 Å². The minimum Gasteiger partial charge on any atom is -0.364 e. The van der Waals surface area contributed by atoms with Gasteiger partial charge in [-0.3, -0.25) is 0 Å². The van der Waals surface area contributed by atoms with Crippen LogP contribution in [0.15, 0.2) is 0 Å². The lowest BCUT2D eigenvalue weighted by molar-refractivity contribution is -0.175. The van der Waals surface area contributed by atoms with E-state index in [2.05, 4.69) is 9.47 Å². The van der Waals surface area contributed by atoms with Crippen LogP contribution in [-0.4, -0.2) is 62.6 Å². The third-order valence-corrected chi connectivity index (χ3v) is 3.11. The maximum absolute atomic E-state index is 9.85. The van der Waals surface area contributed by atoms with Crippen molar-refractivity contribution in [2.45, 2.75) is 56.0 Å². The predicted octanol–water partition coefficient (Wildman–Crippen LogP) is -2.42. The number of ether oxygens (including phenoxy) is 4. The average Bonchev–Trinajstić information content (AvgIpc) is 2.92. The Labute approximate surface area is 96.3 Å². The normalized spacial score (nSPS) is 60.4. The summed E-state index contributed by atoms with van der Waals surface area (Å²) in [6.07, 6.45) is -5.14. The van der Waals surface area contributed by atoms with Crippen LogP contribution in [-0.2, 0) is 18.9 Å². The minimum atomic E-state index is -1.94. The van der Waals surface area contributed by atoms with Gasteiger partial charge in [-0.25, -0.2) is 0 Å². The molecule has 17 heavy (non-hydrogen) atoms. The molecule has 0 aromatic rings. The van der Waals surface area contributed by atoms with Crippen molar-refractivity contribution in [1.29, 1.82) is 0 Å². The molecular formula is C9H14O8. The van der Waals surface area contributed by atoms with Gasteiger partial charge in [0.1, 0.15) is 0 Å². The van der Waals surface area contributed by atoms with Gasteiger partial charge in [-0.15, -0.1) is 0 Å². The van der Waals surface area contributed by atoms with E-state index in [4.69, 9.17) is 9.47 Å². The zero-order valence-corrected chi connectivity index (χ0v) is 9.23. The number of aliphatic hydroxyl groups excluding tert-OH is 2. The molecule has 3 saturated heterocycles.